The molecule has 0 aliphatic rings. The van der Waals surface area contributed by atoms with E-state index in [4.69, 9.17) is 4.74 Å². The third-order valence-electron chi connectivity index (χ3n) is 2.87. The summed E-state index contributed by atoms with van der Waals surface area (Å²) >= 11 is 0. The first-order valence-corrected chi connectivity index (χ1v) is 7.27. The number of ether oxygens (including phenoxy) is 1. The smallest absolute Gasteiger partial charge is 0.408 e. The molecule has 7 nitrogen and oxygen atoms in total. The van der Waals surface area contributed by atoms with E-state index in [-0.39, 0.29) is 12.3 Å². The molecule has 0 spiro atoms. The molecule has 7 heteroatoms. The lowest BCUT2D eigenvalue weighted by molar-refractivity contribution is -0.118. The highest BCUT2D eigenvalue weighted by molar-refractivity contribution is 5.96. The maximum absolute atomic E-state index is 12.3. The van der Waals surface area contributed by atoms with Crippen LogP contribution in [0.25, 0.3) is 0 Å². The fourth-order valence-corrected chi connectivity index (χ4v) is 1.72. The normalized spacial score (nSPS) is 12.0. The third kappa shape index (κ3) is 6.40. The maximum Gasteiger partial charge on any atom is 0.408 e. The van der Waals surface area contributed by atoms with Crippen LogP contribution in [0.3, 0.4) is 0 Å². The van der Waals surface area contributed by atoms with Crippen LogP contribution >= 0.6 is 0 Å². The molecule has 0 aromatic carbocycles. The van der Waals surface area contributed by atoms with Gasteiger partial charge < -0.3 is 15.4 Å². The van der Waals surface area contributed by atoms with Gasteiger partial charge in [0.05, 0.1) is 0 Å². The fraction of sp³-hybridized carbons (Fsp3) is 0.500. The first kappa shape index (κ1) is 18.5. The highest BCUT2D eigenvalue weighted by Gasteiger charge is 2.24. The van der Waals surface area contributed by atoms with Crippen molar-refractivity contribution in [1.29, 1.82) is 0 Å². The molecule has 0 radical (unpaired) electrons. The van der Waals surface area contributed by atoms with Gasteiger partial charge in [0.15, 0.2) is 5.82 Å². The molecule has 126 valence electrons. The van der Waals surface area contributed by atoms with Crippen LogP contribution in [-0.4, -0.2) is 33.4 Å². The van der Waals surface area contributed by atoms with E-state index in [9.17, 15) is 9.59 Å². The number of aromatic nitrogens is 2. The van der Waals surface area contributed by atoms with E-state index in [0.717, 1.165) is 5.69 Å². The number of nitrogens with zero attached hydrogens (tertiary/aromatic N) is 2. The summed E-state index contributed by atoms with van der Waals surface area (Å²) in [5, 5.41) is 9.37. The first-order valence-electron chi connectivity index (χ1n) is 7.27. The fourth-order valence-electron chi connectivity index (χ4n) is 1.72. The summed E-state index contributed by atoms with van der Waals surface area (Å²) in [4.78, 5) is 24.2. The number of amides is 2. The van der Waals surface area contributed by atoms with Crippen molar-refractivity contribution >= 4 is 17.8 Å². The molecular formula is C16H24N4O3. The zero-order chi connectivity index (χ0) is 17.6. The molecule has 0 bridgehead atoms. The predicted octanol–water partition coefficient (Wildman–Crippen LogP) is 2.29. The molecular weight excluding hydrogens is 296 g/mol. The van der Waals surface area contributed by atoms with Gasteiger partial charge in [-0.3, -0.25) is 9.48 Å². The summed E-state index contributed by atoms with van der Waals surface area (Å²) in [6.45, 7) is 10.6. The van der Waals surface area contributed by atoms with E-state index in [0.29, 0.717) is 5.82 Å². The average molecular weight is 320 g/mol. The first-order chi connectivity index (χ1) is 10.6. The van der Waals surface area contributed by atoms with Gasteiger partial charge in [-0.05, 0) is 33.8 Å². The number of anilines is 1. The van der Waals surface area contributed by atoms with Crippen molar-refractivity contribution in [2.24, 2.45) is 7.05 Å². The molecule has 0 aliphatic carbocycles. The molecule has 2 amide bonds. The van der Waals surface area contributed by atoms with Gasteiger partial charge in [0.25, 0.3) is 0 Å². The van der Waals surface area contributed by atoms with E-state index in [1.807, 2.05) is 6.92 Å². The highest BCUT2D eigenvalue weighted by atomic mass is 16.6. The van der Waals surface area contributed by atoms with Crippen LogP contribution in [0.5, 0.6) is 0 Å². The van der Waals surface area contributed by atoms with Crippen molar-refractivity contribution in [3.63, 3.8) is 0 Å². The number of carbonyl (C=O) groups excluding carboxylic acids is 2. The number of hydrogen-bond acceptors (Lipinski definition) is 4. The minimum absolute atomic E-state index is 0.250. The summed E-state index contributed by atoms with van der Waals surface area (Å²) < 4.78 is 6.82. The Labute approximate surface area is 136 Å². The van der Waals surface area contributed by atoms with Crippen LogP contribution in [0.2, 0.25) is 0 Å². The lowest BCUT2D eigenvalue weighted by Gasteiger charge is -2.22. The van der Waals surface area contributed by atoms with Crippen molar-refractivity contribution in [1.82, 2.24) is 15.1 Å². The average Bonchev–Trinajstić information content (AvgIpc) is 2.70. The zero-order valence-corrected chi connectivity index (χ0v) is 14.3. The topological polar surface area (TPSA) is 85.2 Å². The van der Waals surface area contributed by atoms with E-state index >= 15 is 0 Å². The molecule has 0 saturated heterocycles. The molecule has 23 heavy (non-hydrogen) atoms. The Bertz CT molecular complexity index is 602. The van der Waals surface area contributed by atoms with Gasteiger partial charge in [-0.2, -0.15) is 5.10 Å². The van der Waals surface area contributed by atoms with E-state index < -0.39 is 17.7 Å². The van der Waals surface area contributed by atoms with Crippen LogP contribution in [-0.2, 0) is 16.6 Å². The van der Waals surface area contributed by atoms with Crippen LogP contribution in [0.1, 0.15) is 32.9 Å². The van der Waals surface area contributed by atoms with Gasteiger partial charge in [0, 0.05) is 25.2 Å². The lowest BCUT2D eigenvalue weighted by atomic mass is 10.2. The number of aryl methyl sites for hydroxylation is 2. The molecule has 2 N–H and O–H groups in total. The summed E-state index contributed by atoms with van der Waals surface area (Å²) in [5.74, 6) is 0.0361. The zero-order valence-electron chi connectivity index (χ0n) is 14.3. The lowest BCUT2D eigenvalue weighted by Crippen LogP contribution is -2.45. The Morgan fingerprint density at radius 3 is 2.65 bits per heavy atom. The quantitative estimate of drug-likeness (QED) is 0.815. The summed E-state index contributed by atoms with van der Waals surface area (Å²) in [5.41, 5.74) is 2.85. The molecule has 0 fully saturated rings. The van der Waals surface area contributed by atoms with E-state index in [2.05, 4.69) is 28.0 Å². The molecule has 1 atom stereocenters. The van der Waals surface area contributed by atoms with Crippen molar-refractivity contribution in [3.8, 4) is 0 Å². The minimum atomic E-state index is -0.804. The number of alkyl carbamates (subject to hydrolysis) is 1. The van der Waals surface area contributed by atoms with Gasteiger partial charge in [0.2, 0.25) is 5.91 Å². The highest BCUT2D eigenvalue weighted by Crippen LogP contribution is 2.10. The predicted molar refractivity (Wildman–Crippen MR) is 88.1 cm³/mol. The van der Waals surface area contributed by atoms with Crippen molar-refractivity contribution in [3.05, 3.63) is 30.1 Å². The second-order valence-corrected chi connectivity index (χ2v) is 6.13. The monoisotopic (exact) mass is 320 g/mol. The van der Waals surface area contributed by atoms with Crippen LogP contribution in [0, 0.1) is 6.92 Å². The van der Waals surface area contributed by atoms with Gasteiger partial charge in [0.1, 0.15) is 11.6 Å². The van der Waals surface area contributed by atoms with Crippen molar-refractivity contribution < 1.29 is 14.3 Å². The Balaban J connectivity index is 2.77. The number of carbonyl (C=O) groups is 2. The number of nitrogens with one attached hydrogen (secondary N) is 2. The molecule has 1 aromatic heterocycles. The SMILES string of the molecule is C=C=CCC(NC(=O)OC(C)(C)C)C(=O)Nc1cc(C)n(C)n1. The summed E-state index contributed by atoms with van der Waals surface area (Å²) in [6.07, 6.45) is 1.17. The molecule has 0 aliphatic heterocycles. The number of rotatable bonds is 5. The standard InChI is InChI=1S/C16H24N4O3/c1-7-8-9-12(17-15(22)23-16(3,4)5)14(21)18-13-10-11(2)20(6)19-13/h8,10,12H,1,9H2,2-6H3,(H,17,22)(H,18,19,21). The Morgan fingerprint density at radius 2 is 2.17 bits per heavy atom. The Kier molecular flexibility index (Phi) is 6.16. The minimum Gasteiger partial charge on any atom is -0.444 e. The molecule has 1 unspecified atom stereocenters. The van der Waals surface area contributed by atoms with E-state index in [1.165, 1.54) is 0 Å². The maximum atomic E-state index is 12.3. The van der Waals surface area contributed by atoms with Gasteiger partial charge in [-0.25, -0.2) is 4.79 Å². The largest absolute Gasteiger partial charge is 0.444 e. The van der Waals surface area contributed by atoms with Gasteiger partial charge in [-0.15, -0.1) is 5.73 Å². The second kappa shape index (κ2) is 7.65. The molecule has 1 heterocycles. The second-order valence-electron chi connectivity index (χ2n) is 6.13. The van der Waals surface area contributed by atoms with Crippen LogP contribution < -0.4 is 10.6 Å². The van der Waals surface area contributed by atoms with Crippen LogP contribution in [0.15, 0.2) is 24.5 Å². The molecule has 0 saturated carbocycles. The molecule has 1 aromatic rings. The molecule has 1 rings (SSSR count). The summed E-state index contributed by atoms with van der Waals surface area (Å²) in [7, 11) is 1.78. The number of hydrogen-bond donors (Lipinski definition) is 2. The Morgan fingerprint density at radius 1 is 1.52 bits per heavy atom. The summed E-state index contributed by atoms with van der Waals surface area (Å²) in [6, 6.07) is 0.938. The van der Waals surface area contributed by atoms with E-state index in [1.54, 1.807) is 44.6 Å². The third-order valence-corrected chi connectivity index (χ3v) is 2.87. The van der Waals surface area contributed by atoms with Crippen molar-refractivity contribution in [2.75, 3.05) is 5.32 Å². The van der Waals surface area contributed by atoms with Gasteiger partial charge in [-0.1, -0.05) is 6.58 Å². The van der Waals surface area contributed by atoms with Gasteiger partial charge >= 0.3 is 6.09 Å². The van der Waals surface area contributed by atoms with Crippen molar-refractivity contribution in [2.45, 2.75) is 45.8 Å². The Hall–Kier alpha value is -2.53. The van der Waals surface area contributed by atoms with Crippen LogP contribution in [0.4, 0.5) is 10.6 Å².